The highest BCUT2D eigenvalue weighted by Crippen LogP contribution is 2.24. The summed E-state index contributed by atoms with van der Waals surface area (Å²) >= 11 is 0. The van der Waals surface area contributed by atoms with Gasteiger partial charge in [-0.05, 0) is 30.2 Å². The van der Waals surface area contributed by atoms with Gasteiger partial charge >= 0.3 is 0 Å². The zero-order valence-corrected chi connectivity index (χ0v) is 10.5. The second-order valence-electron chi connectivity index (χ2n) is 3.87. The SMILES string of the molecule is COc1ccc2[nH]cc(CC(N)CO)c2c1.Cl. The van der Waals surface area contributed by atoms with Crippen LogP contribution in [0, 0.1) is 0 Å². The zero-order chi connectivity index (χ0) is 11.5. The van der Waals surface area contributed by atoms with Crippen LogP contribution in [0.1, 0.15) is 5.56 Å². The van der Waals surface area contributed by atoms with E-state index >= 15 is 0 Å². The van der Waals surface area contributed by atoms with Gasteiger partial charge in [0.05, 0.1) is 13.7 Å². The summed E-state index contributed by atoms with van der Waals surface area (Å²) in [5, 5.41) is 10.0. The molecule has 0 fully saturated rings. The van der Waals surface area contributed by atoms with E-state index in [4.69, 9.17) is 15.6 Å². The summed E-state index contributed by atoms with van der Waals surface area (Å²) in [6.07, 6.45) is 2.59. The smallest absolute Gasteiger partial charge is 0.119 e. The number of nitrogens with two attached hydrogens (primary N) is 1. The Kier molecular flexibility index (Phi) is 4.81. The van der Waals surface area contributed by atoms with Crippen molar-refractivity contribution in [2.75, 3.05) is 13.7 Å². The lowest BCUT2D eigenvalue weighted by Crippen LogP contribution is -2.26. The minimum Gasteiger partial charge on any atom is -0.497 e. The molecule has 5 heteroatoms. The largest absolute Gasteiger partial charge is 0.497 e. The third-order valence-electron chi connectivity index (χ3n) is 2.69. The van der Waals surface area contributed by atoms with Crippen LogP contribution < -0.4 is 10.5 Å². The fraction of sp³-hybridized carbons (Fsp3) is 0.333. The third-order valence-corrected chi connectivity index (χ3v) is 2.69. The molecule has 94 valence electrons. The highest BCUT2D eigenvalue weighted by molar-refractivity contribution is 5.85. The number of ether oxygens (including phenoxy) is 1. The second-order valence-corrected chi connectivity index (χ2v) is 3.87. The quantitative estimate of drug-likeness (QED) is 0.776. The molecule has 0 radical (unpaired) electrons. The number of aliphatic hydroxyl groups excluding tert-OH is 1. The number of hydrogen-bond donors (Lipinski definition) is 3. The highest BCUT2D eigenvalue weighted by atomic mass is 35.5. The molecular weight excluding hydrogens is 240 g/mol. The van der Waals surface area contributed by atoms with Gasteiger partial charge in [0.15, 0.2) is 0 Å². The van der Waals surface area contributed by atoms with Crippen LogP contribution >= 0.6 is 12.4 Å². The van der Waals surface area contributed by atoms with E-state index < -0.39 is 0 Å². The molecule has 0 saturated heterocycles. The third kappa shape index (κ3) is 2.91. The van der Waals surface area contributed by atoms with Crippen molar-refractivity contribution in [3.63, 3.8) is 0 Å². The topological polar surface area (TPSA) is 71.3 Å². The minimum absolute atomic E-state index is 0. The van der Waals surface area contributed by atoms with Crippen LogP contribution in [0.15, 0.2) is 24.4 Å². The van der Waals surface area contributed by atoms with E-state index in [0.29, 0.717) is 6.42 Å². The Balaban J connectivity index is 0.00000144. The van der Waals surface area contributed by atoms with Gasteiger partial charge in [0.2, 0.25) is 0 Å². The molecule has 4 N–H and O–H groups in total. The van der Waals surface area contributed by atoms with E-state index in [1.54, 1.807) is 7.11 Å². The van der Waals surface area contributed by atoms with Gasteiger partial charge in [0, 0.05) is 23.1 Å². The summed E-state index contributed by atoms with van der Waals surface area (Å²) in [5.74, 6) is 0.825. The van der Waals surface area contributed by atoms with Crippen LogP contribution in [-0.4, -0.2) is 29.8 Å². The van der Waals surface area contributed by atoms with Gasteiger partial charge in [-0.2, -0.15) is 0 Å². The molecule has 0 aliphatic carbocycles. The second kappa shape index (κ2) is 5.91. The van der Waals surface area contributed by atoms with Crippen LogP contribution in [0.3, 0.4) is 0 Å². The molecular formula is C12H17ClN2O2. The molecule has 0 spiro atoms. The van der Waals surface area contributed by atoms with Gasteiger partial charge in [0.25, 0.3) is 0 Å². The van der Waals surface area contributed by atoms with E-state index in [1.807, 2.05) is 24.4 Å². The Bertz CT molecular complexity index is 484. The maximum atomic E-state index is 8.95. The van der Waals surface area contributed by atoms with Gasteiger partial charge < -0.3 is 20.6 Å². The standard InChI is InChI=1S/C12H16N2O2.ClH/c1-16-10-2-3-12-11(5-10)8(6-14-12)4-9(13)7-15;/h2-3,5-6,9,14-15H,4,7,13H2,1H3;1H. The lowest BCUT2D eigenvalue weighted by molar-refractivity contribution is 0.265. The fourth-order valence-corrected chi connectivity index (χ4v) is 1.80. The minimum atomic E-state index is -0.217. The number of rotatable bonds is 4. The van der Waals surface area contributed by atoms with E-state index in [0.717, 1.165) is 22.2 Å². The first kappa shape index (κ1) is 13.8. The maximum Gasteiger partial charge on any atom is 0.119 e. The molecule has 4 nitrogen and oxygen atoms in total. The Morgan fingerprint density at radius 1 is 1.47 bits per heavy atom. The number of hydrogen-bond acceptors (Lipinski definition) is 3. The van der Waals surface area contributed by atoms with Crippen molar-refractivity contribution < 1.29 is 9.84 Å². The van der Waals surface area contributed by atoms with Gasteiger partial charge in [-0.1, -0.05) is 0 Å². The number of methoxy groups -OCH3 is 1. The highest BCUT2D eigenvalue weighted by Gasteiger charge is 2.08. The molecule has 0 aliphatic rings. The normalized spacial score (nSPS) is 12.2. The predicted molar refractivity (Wildman–Crippen MR) is 70.9 cm³/mol. The molecule has 17 heavy (non-hydrogen) atoms. The summed E-state index contributed by atoms with van der Waals surface area (Å²) in [6.45, 7) is -0.00333. The van der Waals surface area contributed by atoms with Crippen molar-refractivity contribution >= 4 is 23.3 Å². The monoisotopic (exact) mass is 256 g/mol. The van der Waals surface area contributed by atoms with Crippen LogP contribution in [-0.2, 0) is 6.42 Å². The Hall–Kier alpha value is -1.23. The first-order valence-electron chi connectivity index (χ1n) is 5.25. The Morgan fingerprint density at radius 3 is 2.88 bits per heavy atom. The fourth-order valence-electron chi connectivity index (χ4n) is 1.80. The van der Waals surface area contributed by atoms with Crippen LogP contribution in [0.2, 0.25) is 0 Å². The lowest BCUT2D eigenvalue weighted by atomic mass is 10.1. The zero-order valence-electron chi connectivity index (χ0n) is 9.64. The van der Waals surface area contributed by atoms with Crippen molar-refractivity contribution in [1.29, 1.82) is 0 Å². The van der Waals surface area contributed by atoms with Crippen LogP contribution in [0.5, 0.6) is 5.75 Å². The maximum absolute atomic E-state index is 8.95. The van der Waals surface area contributed by atoms with Gasteiger partial charge in [-0.15, -0.1) is 12.4 Å². The van der Waals surface area contributed by atoms with Gasteiger partial charge in [-0.3, -0.25) is 0 Å². The molecule has 1 heterocycles. The number of H-pyrrole nitrogens is 1. The lowest BCUT2D eigenvalue weighted by Gasteiger charge is -2.07. The van der Waals surface area contributed by atoms with Crippen molar-refractivity contribution in [3.05, 3.63) is 30.0 Å². The van der Waals surface area contributed by atoms with Crippen LogP contribution in [0.4, 0.5) is 0 Å². The summed E-state index contributed by atoms with van der Waals surface area (Å²) in [5.41, 5.74) is 7.89. The van der Waals surface area contributed by atoms with Crippen molar-refractivity contribution in [3.8, 4) is 5.75 Å². The average molecular weight is 257 g/mol. The summed E-state index contributed by atoms with van der Waals surface area (Å²) in [4.78, 5) is 3.18. The summed E-state index contributed by atoms with van der Waals surface area (Å²) in [6, 6.07) is 5.65. The molecule has 1 unspecified atom stereocenters. The van der Waals surface area contributed by atoms with E-state index in [9.17, 15) is 0 Å². The molecule has 0 aliphatic heterocycles. The Labute approximate surface area is 106 Å². The predicted octanol–water partition coefficient (Wildman–Crippen LogP) is 1.46. The molecule has 0 saturated carbocycles. The van der Waals surface area contributed by atoms with Gasteiger partial charge in [0.1, 0.15) is 5.75 Å². The summed E-state index contributed by atoms with van der Waals surface area (Å²) < 4.78 is 5.18. The summed E-state index contributed by atoms with van der Waals surface area (Å²) in [7, 11) is 1.65. The number of aromatic nitrogens is 1. The van der Waals surface area contributed by atoms with Crippen molar-refractivity contribution in [2.24, 2.45) is 5.73 Å². The molecule has 1 aromatic heterocycles. The number of nitrogens with one attached hydrogen (secondary N) is 1. The van der Waals surface area contributed by atoms with E-state index in [-0.39, 0.29) is 25.1 Å². The number of benzene rings is 1. The first-order valence-corrected chi connectivity index (χ1v) is 5.25. The van der Waals surface area contributed by atoms with Crippen LogP contribution in [0.25, 0.3) is 10.9 Å². The van der Waals surface area contributed by atoms with Gasteiger partial charge in [-0.25, -0.2) is 0 Å². The van der Waals surface area contributed by atoms with Crippen molar-refractivity contribution in [2.45, 2.75) is 12.5 Å². The molecule has 0 bridgehead atoms. The molecule has 2 rings (SSSR count). The molecule has 1 atom stereocenters. The van der Waals surface area contributed by atoms with Crippen molar-refractivity contribution in [1.82, 2.24) is 4.98 Å². The average Bonchev–Trinajstić information content (AvgIpc) is 2.71. The number of halogens is 1. The number of fused-ring (bicyclic) bond motifs is 1. The first-order chi connectivity index (χ1) is 7.74. The Morgan fingerprint density at radius 2 is 2.24 bits per heavy atom. The number of aliphatic hydroxyl groups is 1. The molecule has 1 aromatic carbocycles. The molecule has 0 amide bonds. The molecule has 2 aromatic rings. The van der Waals surface area contributed by atoms with E-state index in [2.05, 4.69) is 4.98 Å². The van der Waals surface area contributed by atoms with E-state index in [1.165, 1.54) is 0 Å². The number of aromatic amines is 1.